The second kappa shape index (κ2) is 5.77. The number of carbonyl (C=O) groups excluding carboxylic acids is 1. The molecule has 2 aromatic rings. The number of hydrogen-bond donors (Lipinski definition) is 1. The average Bonchev–Trinajstić information content (AvgIpc) is 2.42. The van der Waals surface area contributed by atoms with Crippen molar-refractivity contribution in [3.05, 3.63) is 64.5 Å². The van der Waals surface area contributed by atoms with E-state index in [-0.39, 0.29) is 17.9 Å². The van der Waals surface area contributed by atoms with E-state index < -0.39 is 11.9 Å². The van der Waals surface area contributed by atoms with Gasteiger partial charge in [0.25, 0.3) is 5.91 Å². The highest BCUT2D eigenvalue weighted by atomic mass is 19.1. The molecule has 2 rings (SSSR count). The number of amides is 1. The molecule has 0 bridgehead atoms. The van der Waals surface area contributed by atoms with Crippen LogP contribution in [0.5, 0.6) is 0 Å². The van der Waals surface area contributed by atoms with E-state index >= 15 is 0 Å². The van der Waals surface area contributed by atoms with Crippen molar-refractivity contribution in [1.29, 1.82) is 0 Å². The van der Waals surface area contributed by atoms with E-state index in [2.05, 4.69) is 10.3 Å². The SMILES string of the molecule is Cc1cc(CNC(=O)c2cccnc2F)cc(C)c1F. The highest BCUT2D eigenvalue weighted by Crippen LogP contribution is 2.14. The van der Waals surface area contributed by atoms with E-state index in [1.54, 1.807) is 26.0 Å². The molecule has 0 unspecified atom stereocenters. The van der Waals surface area contributed by atoms with Gasteiger partial charge in [-0.3, -0.25) is 4.79 Å². The van der Waals surface area contributed by atoms with Crippen molar-refractivity contribution < 1.29 is 13.6 Å². The summed E-state index contributed by atoms with van der Waals surface area (Å²) in [6, 6.07) is 6.16. The molecule has 5 heteroatoms. The third-order valence-electron chi connectivity index (χ3n) is 2.95. The molecule has 1 amide bonds. The maximum absolute atomic E-state index is 13.5. The smallest absolute Gasteiger partial charge is 0.256 e. The second-order valence-corrected chi connectivity index (χ2v) is 4.57. The van der Waals surface area contributed by atoms with Crippen molar-refractivity contribution in [2.24, 2.45) is 0 Å². The lowest BCUT2D eigenvalue weighted by molar-refractivity contribution is 0.0946. The minimum absolute atomic E-state index is 0.108. The zero-order valence-electron chi connectivity index (χ0n) is 11.2. The van der Waals surface area contributed by atoms with Crippen molar-refractivity contribution >= 4 is 5.91 Å². The van der Waals surface area contributed by atoms with Gasteiger partial charge in [-0.2, -0.15) is 4.39 Å². The first kappa shape index (κ1) is 14.1. The Hall–Kier alpha value is -2.30. The molecule has 0 aliphatic heterocycles. The molecule has 1 N–H and O–H groups in total. The van der Waals surface area contributed by atoms with Crippen molar-refractivity contribution in [2.45, 2.75) is 20.4 Å². The molecule has 104 valence electrons. The molecule has 1 aromatic carbocycles. The van der Waals surface area contributed by atoms with Crippen molar-refractivity contribution in [3.8, 4) is 0 Å². The minimum atomic E-state index is -0.809. The lowest BCUT2D eigenvalue weighted by Crippen LogP contribution is -2.24. The molecule has 0 aliphatic rings. The standard InChI is InChI=1S/C15H14F2N2O/c1-9-6-11(7-10(2)13(9)16)8-19-15(20)12-4-3-5-18-14(12)17/h3-7H,8H2,1-2H3,(H,19,20). The summed E-state index contributed by atoms with van der Waals surface area (Å²) in [6.45, 7) is 3.53. The second-order valence-electron chi connectivity index (χ2n) is 4.57. The highest BCUT2D eigenvalue weighted by Gasteiger charge is 2.12. The first-order valence-electron chi connectivity index (χ1n) is 6.13. The molecule has 0 radical (unpaired) electrons. The van der Waals surface area contributed by atoms with Crippen LogP contribution in [0.3, 0.4) is 0 Å². The summed E-state index contributed by atoms with van der Waals surface area (Å²) >= 11 is 0. The highest BCUT2D eigenvalue weighted by molar-refractivity contribution is 5.94. The quantitative estimate of drug-likeness (QED) is 0.876. The van der Waals surface area contributed by atoms with E-state index in [0.717, 1.165) is 5.56 Å². The zero-order valence-corrected chi connectivity index (χ0v) is 11.2. The molecule has 0 spiro atoms. The van der Waals surface area contributed by atoms with Gasteiger partial charge in [-0.1, -0.05) is 12.1 Å². The number of nitrogens with one attached hydrogen (secondary N) is 1. The van der Waals surface area contributed by atoms with Crippen LogP contribution in [0.2, 0.25) is 0 Å². The van der Waals surface area contributed by atoms with Crippen LogP contribution in [0, 0.1) is 25.6 Å². The van der Waals surface area contributed by atoms with Gasteiger partial charge in [0, 0.05) is 12.7 Å². The van der Waals surface area contributed by atoms with Gasteiger partial charge in [0.1, 0.15) is 5.82 Å². The zero-order chi connectivity index (χ0) is 14.7. The number of aryl methyl sites for hydroxylation is 2. The summed E-state index contributed by atoms with van der Waals surface area (Å²) in [6.07, 6.45) is 1.28. The predicted molar refractivity (Wildman–Crippen MR) is 71.2 cm³/mol. The molecule has 3 nitrogen and oxygen atoms in total. The van der Waals surface area contributed by atoms with Crippen molar-refractivity contribution in [2.75, 3.05) is 0 Å². The summed E-state index contributed by atoms with van der Waals surface area (Å²) in [5, 5.41) is 2.59. The molecule has 0 aliphatic carbocycles. The van der Waals surface area contributed by atoms with Crippen molar-refractivity contribution in [3.63, 3.8) is 0 Å². The fourth-order valence-corrected chi connectivity index (χ4v) is 1.97. The number of nitrogens with zero attached hydrogens (tertiary/aromatic N) is 1. The molecule has 0 saturated heterocycles. The van der Waals surface area contributed by atoms with E-state index in [1.165, 1.54) is 18.3 Å². The molecule has 0 saturated carbocycles. The van der Waals surface area contributed by atoms with E-state index in [1.807, 2.05) is 0 Å². The molecule has 0 fully saturated rings. The Morgan fingerprint density at radius 2 is 1.90 bits per heavy atom. The maximum atomic E-state index is 13.5. The minimum Gasteiger partial charge on any atom is -0.348 e. The molecule has 1 aromatic heterocycles. The Bertz CT molecular complexity index is 633. The number of halogens is 2. The Morgan fingerprint density at radius 1 is 1.25 bits per heavy atom. The van der Waals surface area contributed by atoms with Crippen LogP contribution in [-0.2, 0) is 6.54 Å². The third-order valence-corrected chi connectivity index (χ3v) is 2.95. The maximum Gasteiger partial charge on any atom is 0.256 e. The number of benzene rings is 1. The van der Waals surface area contributed by atoms with Crippen LogP contribution in [0.15, 0.2) is 30.5 Å². The van der Waals surface area contributed by atoms with Crippen LogP contribution in [0.4, 0.5) is 8.78 Å². The fraction of sp³-hybridized carbons (Fsp3) is 0.200. The topological polar surface area (TPSA) is 42.0 Å². The van der Waals surface area contributed by atoms with Gasteiger partial charge < -0.3 is 5.32 Å². The number of rotatable bonds is 3. The average molecular weight is 276 g/mol. The van der Waals surface area contributed by atoms with Gasteiger partial charge in [-0.15, -0.1) is 0 Å². The third kappa shape index (κ3) is 2.99. The van der Waals surface area contributed by atoms with Crippen LogP contribution in [0.25, 0.3) is 0 Å². The van der Waals surface area contributed by atoms with Gasteiger partial charge in [0.05, 0.1) is 5.56 Å². The number of aromatic nitrogens is 1. The monoisotopic (exact) mass is 276 g/mol. The van der Waals surface area contributed by atoms with Crippen LogP contribution in [-0.4, -0.2) is 10.9 Å². The van der Waals surface area contributed by atoms with Gasteiger partial charge in [0.15, 0.2) is 0 Å². The number of pyridine rings is 1. The fourth-order valence-electron chi connectivity index (χ4n) is 1.97. The lowest BCUT2D eigenvalue weighted by atomic mass is 10.1. The first-order chi connectivity index (χ1) is 9.49. The van der Waals surface area contributed by atoms with Crippen LogP contribution in [0.1, 0.15) is 27.0 Å². The predicted octanol–water partition coefficient (Wildman–Crippen LogP) is 2.91. The number of carbonyl (C=O) groups is 1. The summed E-state index contributed by atoms with van der Waals surface area (Å²) < 4.78 is 26.8. The Kier molecular flexibility index (Phi) is 4.08. The van der Waals surface area contributed by atoms with Crippen molar-refractivity contribution in [1.82, 2.24) is 10.3 Å². The number of hydrogen-bond acceptors (Lipinski definition) is 2. The Morgan fingerprint density at radius 3 is 2.50 bits per heavy atom. The molecular formula is C15H14F2N2O. The summed E-state index contributed by atoms with van der Waals surface area (Å²) in [5.74, 6) is -1.61. The van der Waals surface area contributed by atoms with Gasteiger partial charge in [-0.25, -0.2) is 9.37 Å². The van der Waals surface area contributed by atoms with Crippen LogP contribution < -0.4 is 5.32 Å². The van der Waals surface area contributed by atoms with E-state index in [4.69, 9.17) is 0 Å². The molecule has 20 heavy (non-hydrogen) atoms. The van der Waals surface area contributed by atoms with Gasteiger partial charge in [0.2, 0.25) is 5.95 Å². The van der Waals surface area contributed by atoms with Gasteiger partial charge in [-0.05, 0) is 42.7 Å². The molecule has 0 atom stereocenters. The summed E-state index contributed by atoms with van der Waals surface area (Å²) in [7, 11) is 0. The first-order valence-corrected chi connectivity index (χ1v) is 6.13. The van der Waals surface area contributed by atoms with Gasteiger partial charge >= 0.3 is 0 Å². The molecule has 1 heterocycles. The summed E-state index contributed by atoms with van der Waals surface area (Å²) in [5.41, 5.74) is 1.69. The molecular weight excluding hydrogens is 262 g/mol. The van der Waals surface area contributed by atoms with Crippen LogP contribution >= 0.6 is 0 Å². The lowest BCUT2D eigenvalue weighted by Gasteiger charge is -2.09. The Balaban J connectivity index is 2.10. The largest absolute Gasteiger partial charge is 0.348 e. The summed E-state index contributed by atoms with van der Waals surface area (Å²) in [4.78, 5) is 15.2. The normalized spacial score (nSPS) is 10.4. The Labute approximate surface area is 115 Å². The van der Waals surface area contributed by atoms with E-state index in [0.29, 0.717) is 11.1 Å². The van der Waals surface area contributed by atoms with E-state index in [9.17, 15) is 13.6 Å².